The molecule has 3 aromatic rings. The first kappa shape index (κ1) is 23.2. The molecule has 0 radical (unpaired) electrons. The maximum absolute atomic E-state index is 12.8. The highest BCUT2D eigenvalue weighted by molar-refractivity contribution is 7.92. The van der Waals surface area contributed by atoms with Crippen molar-refractivity contribution >= 4 is 38.9 Å². The molecule has 3 aromatic carbocycles. The standard InChI is InChI=1S/C22H21ClN2O6S/c1-29-19-11-14(12-20(30-2)21(19)31-3)22(26)24-15-7-6-8-16(13-15)32(27,28)25-18-10-5-4-9-17(18)23/h4-13,25H,1-3H3,(H,24,26). The Kier molecular flexibility index (Phi) is 7.12. The number of methoxy groups -OCH3 is 3. The Morgan fingerprint density at radius 1 is 0.875 bits per heavy atom. The molecule has 0 aliphatic heterocycles. The smallest absolute Gasteiger partial charge is 0.262 e. The van der Waals surface area contributed by atoms with E-state index in [-0.39, 0.29) is 26.9 Å². The molecule has 0 bridgehead atoms. The van der Waals surface area contributed by atoms with Gasteiger partial charge in [0.15, 0.2) is 11.5 Å². The summed E-state index contributed by atoms with van der Waals surface area (Å²) in [6, 6.07) is 15.3. The van der Waals surface area contributed by atoms with Crippen molar-refractivity contribution in [2.24, 2.45) is 0 Å². The van der Waals surface area contributed by atoms with Crippen molar-refractivity contribution in [2.75, 3.05) is 31.4 Å². The van der Waals surface area contributed by atoms with E-state index in [1.807, 2.05) is 0 Å². The van der Waals surface area contributed by atoms with E-state index in [1.165, 1.54) is 51.7 Å². The van der Waals surface area contributed by atoms with Crippen molar-refractivity contribution < 1.29 is 27.4 Å². The van der Waals surface area contributed by atoms with Crippen LogP contribution < -0.4 is 24.2 Å². The van der Waals surface area contributed by atoms with Crippen LogP contribution in [0.4, 0.5) is 11.4 Å². The highest BCUT2D eigenvalue weighted by Gasteiger charge is 2.19. The Bertz CT molecular complexity index is 1220. The Balaban J connectivity index is 1.86. The Labute approximate surface area is 191 Å². The van der Waals surface area contributed by atoms with Gasteiger partial charge in [0.25, 0.3) is 15.9 Å². The van der Waals surface area contributed by atoms with Gasteiger partial charge in [0.05, 0.1) is 36.9 Å². The quantitative estimate of drug-likeness (QED) is 0.499. The summed E-state index contributed by atoms with van der Waals surface area (Å²) in [5.41, 5.74) is 0.772. The van der Waals surface area contributed by atoms with E-state index < -0.39 is 15.9 Å². The van der Waals surface area contributed by atoms with Gasteiger partial charge >= 0.3 is 0 Å². The van der Waals surface area contributed by atoms with Crippen LogP contribution in [0.15, 0.2) is 65.6 Å². The Morgan fingerprint density at radius 3 is 2.12 bits per heavy atom. The molecule has 0 spiro atoms. The third-order valence-electron chi connectivity index (χ3n) is 4.45. The molecule has 0 fully saturated rings. The van der Waals surface area contributed by atoms with E-state index in [1.54, 1.807) is 30.3 Å². The van der Waals surface area contributed by atoms with Crippen molar-refractivity contribution in [3.63, 3.8) is 0 Å². The third kappa shape index (κ3) is 5.06. The fraction of sp³-hybridized carbons (Fsp3) is 0.136. The molecule has 0 atom stereocenters. The summed E-state index contributed by atoms with van der Waals surface area (Å²) in [5.74, 6) is 0.498. The summed E-state index contributed by atoms with van der Waals surface area (Å²) in [4.78, 5) is 12.8. The molecule has 2 N–H and O–H groups in total. The van der Waals surface area contributed by atoms with E-state index in [4.69, 9.17) is 25.8 Å². The summed E-state index contributed by atoms with van der Waals surface area (Å²) in [6.07, 6.45) is 0. The van der Waals surface area contributed by atoms with Crippen molar-refractivity contribution in [3.8, 4) is 17.2 Å². The normalized spacial score (nSPS) is 10.9. The Morgan fingerprint density at radius 2 is 1.53 bits per heavy atom. The van der Waals surface area contributed by atoms with E-state index in [0.29, 0.717) is 17.2 Å². The lowest BCUT2D eigenvalue weighted by molar-refractivity contribution is 0.102. The van der Waals surface area contributed by atoms with Gasteiger partial charge < -0.3 is 19.5 Å². The van der Waals surface area contributed by atoms with Crippen molar-refractivity contribution in [1.29, 1.82) is 0 Å². The molecule has 0 saturated carbocycles. The molecular formula is C22H21ClN2O6S. The zero-order chi connectivity index (χ0) is 23.3. The van der Waals surface area contributed by atoms with Gasteiger partial charge in [0, 0.05) is 11.3 Å². The molecule has 0 heterocycles. The van der Waals surface area contributed by atoms with E-state index >= 15 is 0 Å². The van der Waals surface area contributed by atoms with E-state index in [2.05, 4.69) is 10.0 Å². The lowest BCUT2D eigenvalue weighted by Gasteiger charge is -2.14. The summed E-state index contributed by atoms with van der Waals surface area (Å²) in [5, 5.41) is 2.94. The number of halogens is 1. The number of rotatable bonds is 8. The number of carbonyl (C=O) groups is 1. The SMILES string of the molecule is COc1cc(C(=O)Nc2cccc(S(=O)(=O)Nc3ccccc3Cl)c2)cc(OC)c1OC. The average molecular weight is 477 g/mol. The number of hydrogen-bond acceptors (Lipinski definition) is 6. The maximum atomic E-state index is 12.8. The molecule has 0 aliphatic carbocycles. The molecule has 0 aromatic heterocycles. The predicted molar refractivity (Wildman–Crippen MR) is 123 cm³/mol. The van der Waals surface area contributed by atoms with Gasteiger partial charge in [-0.2, -0.15) is 0 Å². The number of sulfonamides is 1. The summed E-state index contributed by atoms with van der Waals surface area (Å²) < 4.78 is 43.8. The average Bonchev–Trinajstić information content (AvgIpc) is 2.79. The highest BCUT2D eigenvalue weighted by Crippen LogP contribution is 2.38. The van der Waals surface area contributed by atoms with Crippen LogP contribution in [0, 0.1) is 0 Å². The van der Waals surface area contributed by atoms with Crippen molar-refractivity contribution in [1.82, 2.24) is 0 Å². The van der Waals surface area contributed by atoms with Gasteiger partial charge in [0.2, 0.25) is 5.75 Å². The van der Waals surface area contributed by atoms with Crippen molar-refractivity contribution in [2.45, 2.75) is 4.90 Å². The first-order valence-electron chi connectivity index (χ1n) is 9.28. The van der Waals surface area contributed by atoms with E-state index in [9.17, 15) is 13.2 Å². The van der Waals surface area contributed by atoms with Gasteiger partial charge in [-0.15, -0.1) is 0 Å². The zero-order valence-corrected chi connectivity index (χ0v) is 19.1. The number of anilines is 2. The number of amides is 1. The minimum Gasteiger partial charge on any atom is -0.493 e. The van der Waals surface area contributed by atoms with Crippen LogP contribution in [0.3, 0.4) is 0 Å². The lowest BCUT2D eigenvalue weighted by atomic mass is 10.1. The number of hydrogen-bond donors (Lipinski definition) is 2. The molecule has 3 rings (SSSR count). The van der Waals surface area contributed by atoms with Crippen LogP contribution in [0.2, 0.25) is 5.02 Å². The minimum absolute atomic E-state index is 0.0416. The lowest BCUT2D eigenvalue weighted by Crippen LogP contribution is -2.15. The number of carbonyl (C=O) groups excluding carboxylic acids is 1. The van der Waals surface area contributed by atoms with Crippen LogP contribution in [0.1, 0.15) is 10.4 Å². The largest absolute Gasteiger partial charge is 0.493 e. The summed E-state index contributed by atoms with van der Waals surface area (Å²) in [6.45, 7) is 0. The van der Waals surface area contributed by atoms with Gasteiger partial charge in [-0.25, -0.2) is 8.42 Å². The molecule has 32 heavy (non-hydrogen) atoms. The summed E-state index contributed by atoms with van der Waals surface area (Å²) in [7, 11) is 0.417. The Hall–Kier alpha value is -3.43. The number of nitrogens with one attached hydrogen (secondary N) is 2. The van der Waals surface area contributed by atoms with Gasteiger partial charge in [-0.1, -0.05) is 29.8 Å². The van der Waals surface area contributed by atoms with Crippen LogP contribution >= 0.6 is 11.6 Å². The summed E-state index contributed by atoms with van der Waals surface area (Å²) >= 11 is 6.04. The molecule has 0 unspecified atom stereocenters. The first-order chi connectivity index (χ1) is 15.3. The van der Waals surface area contributed by atoms with Crippen LogP contribution in [0.5, 0.6) is 17.2 Å². The fourth-order valence-corrected chi connectivity index (χ4v) is 4.27. The predicted octanol–water partition coefficient (Wildman–Crippen LogP) is 4.42. The number of benzene rings is 3. The van der Waals surface area contributed by atoms with Gasteiger partial charge in [-0.05, 0) is 42.5 Å². The molecule has 8 nitrogen and oxygen atoms in total. The van der Waals surface area contributed by atoms with Crippen molar-refractivity contribution in [3.05, 3.63) is 71.2 Å². The second kappa shape index (κ2) is 9.80. The van der Waals surface area contributed by atoms with Crippen LogP contribution in [-0.2, 0) is 10.0 Å². The maximum Gasteiger partial charge on any atom is 0.262 e. The molecule has 0 aliphatic rings. The fourth-order valence-electron chi connectivity index (χ4n) is 2.90. The number of ether oxygens (including phenoxy) is 3. The molecule has 168 valence electrons. The van der Waals surface area contributed by atoms with E-state index in [0.717, 1.165) is 0 Å². The molecular weight excluding hydrogens is 456 g/mol. The minimum atomic E-state index is -3.93. The third-order valence-corrected chi connectivity index (χ3v) is 6.14. The van der Waals surface area contributed by atoms with Gasteiger partial charge in [0.1, 0.15) is 0 Å². The molecule has 0 saturated heterocycles. The first-order valence-corrected chi connectivity index (χ1v) is 11.1. The second-order valence-corrected chi connectivity index (χ2v) is 8.57. The zero-order valence-electron chi connectivity index (χ0n) is 17.5. The topological polar surface area (TPSA) is 103 Å². The molecule has 1 amide bonds. The van der Waals surface area contributed by atoms with Crippen LogP contribution in [0.25, 0.3) is 0 Å². The second-order valence-electron chi connectivity index (χ2n) is 6.48. The van der Waals surface area contributed by atoms with Gasteiger partial charge in [-0.3, -0.25) is 9.52 Å². The van der Waals surface area contributed by atoms with Crippen LogP contribution in [-0.4, -0.2) is 35.7 Å². The monoisotopic (exact) mass is 476 g/mol. The highest BCUT2D eigenvalue weighted by atomic mass is 35.5. The number of para-hydroxylation sites is 1. The molecule has 10 heteroatoms.